The van der Waals surface area contributed by atoms with E-state index in [4.69, 9.17) is 0 Å². The number of nitrogens with zero attached hydrogens (tertiary/aromatic N) is 4. The average Bonchev–Trinajstić information content (AvgIpc) is 3.07. The molecule has 1 saturated heterocycles. The van der Waals surface area contributed by atoms with Crippen LogP contribution >= 0.6 is 23.5 Å². The van der Waals surface area contributed by atoms with Crippen molar-refractivity contribution in [3.05, 3.63) is 16.9 Å². The molecular weight excluding hydrogens is 336 g/mol. The van der Waals surface area contributed by atoms with Crippen LogP contribution in [-0.4, -0.2) is 56.7 Å². The zero-order valence-electron chi connectivity index (χ0n) is 13.4. The summed E-state index contributed by atoms with van der Waals surface area (Å²) >= 11 is 3.00. The van der Waals surface area contributed by atoms with Crippen molar-refractivity contribution in [2.75, 3.05) is 25.2 Å². The standard InChI is InChI=1S/C14H20N4O3S2/c1-4-17-10(2)15-16-14(17)22-7-5-6-18-11(19)9-23-12(18)8-13(20)21-3/h8H,4-7,9H2,1-3H3/b12-8-. The van der Waals surface area contributed by atoms with Crippen LogP contribution in [0.1, 0.15) is 19.2 Å². The van der Waals surface area contributed by atoms with Crippen LogP contribution in [0.25, 0.3) is 0 Å². The zero-order valence-corrected chi connectivity index (χ0v) is 15.1. The molecule has 9 heteroatoms. The summed E-state index contributed by atoms with van der Waals surface area (Å²) in [5, 5.41) is 9.80. The molecule has 1 amide bonds. The second kappa shape index (κ2) is 8.39. The third-order valence-electron chi connectivity index (χ3n) is 3.33. The van der Waals surface area contributed by atoms with Gasteiger partial charge in [0.15, 0.2) is 5.16 Å². The molecule has 2 heterocycles. The first kappa shape index (κ1) is 17.9. The highest BCUT2D eigenvalue weighted by Gasteiger charge is 2.26. The van der Waals surface area contributed by atoms with Crippen molar-refractivity contribution in [2.45, 2.75) is 32.0 Å². The van der Waals surface area contributed by atoms with Gasteiger partial charge in [0.25, 0.3) is 0 Å². The van der Waals surface area contributed by atoms with Crippen LogP contribution in [0, 0.1) is 6.92 Å². The lowest BCUT2D eigenvalue weighted by molar-refractivity contribution is -0.134. The Morgan fingerprint density at radius 2 is 2.26 bits per heavy atom. The highest BCUT2D eigenvalue weighted by molar-refractivity contribution is 8.04. The Balaban J connectivity index is 1.86. The van der Waals surface area contributed by atoms with E-state index in [9.17, 15) is 9.59 Å². The fourth-order valence-electron chi connectivity index (χ4n) is 2.15. The molecule has 0 atom stereocenters. The van der Waals surface area contributed by atoms with Crippen molar-refractivity contribution in [1.82, 2.24) is 19.7 Å². The molecular formula is C14H20N4O3S2. The normalized spacial score (nSPS) is 16.4. The molecule has 1 fully saturated rings. The first-order valence-electron chi connectivity index (χ1n) is 7.32. The summed E-state index contributed by atoms with van der Waals surface area (Å²) in [4.78, 5) is 24.9. The van der Waals surface area contributed by atoms with Crippen LogP contribution in [0.2, 0.25) is 0 Å². The van der Waals surface area contributed by atoms with Gasteiger partial charge in [-0.1, -0.05) is 23.5 Å². The van der Waals surface area contributed by atoms with Crippen LogP contribution in [0.3, 0.4) is 0 Å². The molecule has 1 aromatic rings. The maximum Gasteiger partial charge on any atom is 0.333 e. The smallest absolute Gasteiger partial charge is 0.333 e. The average molecular weight is 356 g/mol. The molecule has 23 heavy (non-hydrogen) atoms. The maximum absolute atomic E-state index is 11.9. The summed E-state index contributed by atoms with van der Waals surface area (Å²) in [5.74, 6) is 1.71. The van der Waals surface area contributed by atoms with E-state index in [-0.39, 0.29) is 5.91 Å². The first-order chi connectivity index (χ1) is 11.1. The van der Waals surface area contributed by atoms with Crippen molar-refractivity contribution in [2.24, 2.45) is 0 Å². The third kappa shape index (κ3) is 4.51. The molecule has 7 nitrogen and oxygen atoms in total. The SMILES string of the molecule is CCn1c(C)nnc1SCCCN1C(=O)CS/C1=C\C(=O)OC. The second-order valence-electron chi connectivity index (χ2n) is 4.82. The number of hydrogen-bond acceptors (Lipinski definition) is 7. The van der Waals surface area contributed by atoms with Gasteiger partial charge < -0.3 is 14.2 Å². The number of aryl methyl sites for hydroxylation is 1. The lowest BCUT2D eigenvalue weighted by Crippen LogP contribution is -2.26. The Morgan fingerprint density at radius 1 is 1.48 bits per heavy atom. The van der Waals surface area contributed by atoms with Gasteiger partial charge in [-0.05, 0) is 20.3 Å². The molecule has 0 saturated carbocycles. The van der Waals surface area contributed by atoms with Crippen molar-refractivity contribution < 1.29 is 14.3 Å². The van der Waals surface area contributed by atoms with Gasteiger partial charge in [0.2, 0.25) is 5.91 Å². The summed E-state index contributed by atoms with van der Waals surface area (Å²) in [7, 11) is 1.33. The minimum atomic E-state index is -0.437. The van der Waals surface area contributed by atoms with Crippen LogP contribution < -0.4 is 0 Å². The number of hydrogen-bond donors (Lipinski definition) is 0. The molecule has 1 aliphatic heterocycles. The molecule has 0 unspecified atom stereocenters. The van der Waals surface area contributed by atoms with E-state index < -0.39 is 5.97 Å². The first-order valence-corrected chi connectivity index (χ1v) is 9.29. The van der Waals surface area contributed by atoms with Gasteiger partial charge in [-0.3, -0.25) is 4.79 Å². The van der Waals surface area contributed by atoms with Gasteiger partial charge >= 0.3 is 5.97 Å². The Morgan fingerprint density at radius 3 is 2.96 bits per heavy atom. The van der Waals surface area contributed by atoms with Crippen LogP contribution in [0.15, 0.2) is 16.3 Å². The van der Waals surface area contributed by atoms with E-state index in [2.05, 4.69) is 26.4 Å². The molecule has 0 aromatic carbocycles. The lowest BCUT2D eigenvalue weighted by atomic mass is 10.4. The molecule has 126 valence electrons. The number of rotatable bonds is 7. The third-order valence-corrected chi connectivity index (χ3v) is 5.41. The van der Waals surface area contributed by atoms with Crippen LogP contribution in [-0.2, 0) is 20.9 Å². The molecule has 0 spiro atoms. The minimum absolute atomic E-state index is 0.0303. The van der Waals surface area contributed by atoms with E-state index >= 15 is 0 Å². The molecule has 0 bridgehead atoms. The number of amides is 1. The Hall–Kier alpha value is -1.48. The molecule has 2 rings (SSSR count). The molecule has 0 aliphatic carbocycles. The summed E-state index contributed by atoms with van der Waals surface area (Å²) in [5.41, 5.74) is 0. The van der Waals surface area contributed by atoms with E-state index in [1.807, 2.05) is 6.92 Å². The minimum Gasteiger partial charge on any atom is -0.466 e. The number of carbonyl (C=O) groups is 2. The zero-order chi connectivity index (χ0) is 16.8. The van der Waals surface area contributed by atoms with Gasteiger partial charge in [0.05, 0.1) is 24.0 Å². The van der Waals surface area contributed by atoms with Gasteiger partial charge in [-0.2, -0.15) is 0 Å². The number of esters is 1. The van der Waals surface area contributed by atoms with Crippen molar-refractivity contribution >= 4 is 35.4 Å². The van der Waals surface area contributed by atoms with Gasteiger partial charge in [0, 0.05) is 18.8 Å². The largest absolute Gasteiger partial charge is 0.466 e. The summed E-state index contributed by atoms with van der Waals surface area (Å²) < 4.78 is 6.68. The van der Waals surface area contributed by atoms with Crippen molar-refractivity contribution in [3.8, 4) is 0 Å². The topological polar surface area (TPSA) is 77.3 Å². The number of carbonyl (C=O) groups excluding carboxylic acids is 2. The van der Waals surface area contributed by atoms with Crippen molar-refractivity contribution in [1.29, 1.82) is 0 Å². The highest BCUT2D eigenvalue weighted by atomic mass is 32.2. The van der Waals surface area contributed by atoms with E-state index in [1.54, 1.807) is 16.7 Å². The predicted molar refractivity (Wildman–Crippen MR) is 90.0 cm³/mol. The van der Waals surface area contributed by atoms with Gasteiger partial charge in [0.1, 0.15) is 5.82 Å². The van der Waals surface area contributed by atoms with Crippen LogP contribution in [0.5, 0.6) is 0 Å². The molecule has 1 aromatic heterocycles. The Kier molecular flexibility index (Phi) is 6.52. The number of ether oxygens (including phenoxy) is 1. The maximum atomic E-state index is 11.9. The summed E-state index contributed by atoms with van der Waals surface area (Å²) in [6, 6.07) is 0. The summed E-state index contributed by atoms with van der Waals surface area (Å²) in [6.45, 7) is 5.42. The van der Waals surface area contributed by atoms with Crippen LogP contribution in [0.4, 0.5) is 0 Å². The van der Waals surface area contributed by atoms with E-state index in [0.717, 1.165) is 29.7 Å². The number of methoxy groups -OCH3 is 1. The quantitative estimate of drug-likeness (QED) is 0.318. The lowest BCUT2D eigenvalue weighted by Gasteiger charge is -2.16. The monoisotopic (exact) mass is 356 g/mol. The molecule has 0 radical (unpaired) electrons. The van der Waals surface area contributed by atoms with Gasteiger partial charge in [-0.15, -0.1) is 10.2 Å². The van der Waals surface area contributed by atoms with E-state index in [0.29, 0.717) is 17.3 Å². The summed E-state index contributed by atoms with van der Waals surface area (Å²) in [6.07, 6.45) is 2.19. The Labute approximate surface area is 143 Å². The number of aromatic nitrogens is 3. The predicted octanol–water partition coefficient (Wildman–Crippen LogP) is 1.68. The second-order valence-corrected chi connectivity index (χ2v) is 6.87. The fourth-order valence-corrected chi connectivity index (χ4v) is 4.07. The molecule has 1 aliphatic rings. The fraction of sp³-hybridized carbons (Fsp3) is 0.571. The Bertz CT molecular complexity index is 615. The van der Waals surface area contributed by atoms with Gasteiger partial charge in [-0.25, -0.2) is 4.79 Å². The van der Waals surface area contributed by atoms with E-state index in [1.165, 1.54) is 24.9 Å². The molecule has 0 N–H and O–H groups in total. The van der Waals surface area contributed by atoms with Crippen molar-refractivity contribution in [3.63, 3.8) is 0 Å². The highest BCUT2D eigenvalue weighted by Crippen LogP contribution is 2.29. The number of thioether (sulfide) groups is 2.